The third-order valence-electron chi connectivity index (χ3n) is 4.71. The summed E-state index contributed by atoms with van der Waals surface area (Å²) in [6, 6.07) is 0. The van der Waals surface area contributed by atoms with E-state index in [4.69, 9.17) is 0 Å². The fraction of sp³-hybridized carbons (Fsp3) is 0.933. The lowest BCUT2D eigenvalue weighted by molar-refractivity contribution is -0.139. The summed E-state index contributed by atoms with van der Waals surface area (Å²) in [6.07, 6.45) is 8.86. The van der Waals surface area contributed by atoms with Gasteiger partial charge in [-0.05, 0) is 31.6 Å². The van der Waals surface area contributed by atoms with E-state index in [1.807, 2.05) is 4.90 Å². The van der Waals surface area contributed by atoms with Crippen molar-refractivity contribution in [2.45, 2.75) is 70.3 Å². The average Bonchev–Trinajstić information content (AvgIpc) is 2.39. The molecule has 0 aromatic rings. The first-order valence-electron chi connectivity index (χ1n) is 7.63. The van der Waals surface area contributed by atoms with Gasteiger partial charge in [0.2, 0.25) is 5.91 Å². The van der Waals surface area contributed by atoms with Crippen LogP contribution in [0.15, 0.2) is 0 Å². The van der Waals surface area contributed by atoms with E-state index in [2.05, 4.69) is 6.92 Å². The molecule has 2 rings (SSSR count). The highest BCUT2D eigenvalue weighted by Gasteiger charge is 2.34. The maximum absolute atomic E-state index is 12.3. The monoisotopic (exact) mass is 253 g/mol. The van der Waals surface area contributed by atoms with Gasteiger partial charge in [0.25, 0.3) is 0 Å². The lowest BCUT2D eigenvalue weighted by atomic mass is 9.82. The third kappa shape index (κ3) is 3.47. The number of hydrogen-bond acceptors (Lipinski definition) is 2. The molecular weight excluding hydrogens is 226 g/mol. The molecule has 1 aliphatic carbocycles. The van der Waals surface area contributed by atoms with Crippen molar-refractivity contribution in [1.82, 2.24) is 4.90 Å². The highest BCUT2D eigenvalue weighted by atomic mass is 16.3. The molecule has 1 heterocycles. The zero-order valence-electron chi connectivity index (χ0n) is 11.7. The predicted molar refractivity (Wildman–Crippen MR) is 72.2 cm³/mol. The van der Waals surface area contributed by atoms with Gasteiger partial charge >= 0.3 is 0 Å². The topological polar surface area (TPSA) is 40.5 Å². The van der Waals surface area contributed by atoms with Gasteiger partial charge in [-0.1, -0.05) is 32.6 Å². The van der Waals surface area contributed by atoms with Crippen molar-refractivity contribution in [2.75, 3.05) is 13.1 Å². The molecule has 0 radical (unpaired) electrons. The summed E-state index contributed by atoms with van der Waals surface area (Å²) in [5.74, 6) is 0.848. The number of carbonyl (C=O) groups excluding carboxylic acids is 1. The van der Waals surface area contributed by atoms with Crippen LogP contribution in [0.1, 0.15) is 64.7 Å². The summed E-state index contributed by atoms with van der Waals surface area (Å²) in [6.45, 7) is 4.00. The number of piperidine rings is 1. The molecule has 3 heteroatoms. The number of rotatable bonds is 3. The minimum Gasteiger partial charge on any atom is -0.389 e. The summed E-state index contributed by atoms with van der Waals surface area (Å²) in [4.78, 5) is 14.3. The normalized spacial score (nSPS) is 28.1. The fourth-order valence-corrected chi connectivity index (χ4v) is 3.40. The Morgan fingerprint density at radius 2 is 2.00 bits per heavy atom. The predicted octanol–water partition coefficient (Wildman–Crippen LogP) is 2.72. The van der Waals surface area contributed by atoms with Gasteiger partial charge in [0, 0.05) is 13.1 Å². The van der Waals surface area contributed by atoms with E-state index >= 15 is 0 Å². The van der Waals surface area contributed by atoms with Gasteiger partial charge in [-0.15, -0.1) is 0 Å². The van der Waals surface area contributed by atoms with Gasteiger partial charge in [0.1, 0.15) is 0 Å². The van der Waals surface area contributed by atoms with Crippen LogP contribution in [0.3, 0.4) is 0 Å². The fourth-order valence-electron chi connectivity index (χ4n) is 3.40. The van der Waals surface area contributed by atoms with E-state index in [1.165, 1.54) is 12.8 Å². The number of nitrogens with zero attached hydrogens (tertiary/aromatic N) is 1. The highest BCUT2D eigenvalue weighted by Crippen LogP contribution is 2.32. The van der Waals surface area contributed by atoms with Gasteiger partial charge in [0.15, 0.2) is 0 Å². The molecule has 1 aliphatic heterocycles. The SMILES string of the molecule is CCC1CCCN(C(=O)CC2(O)CCCCC2)C1. The van der Waals surface area contributed by atoms with E-state index in [9.17, 15) is 9.90 Å². The molecule has 3 nitrogen and oxygen atoms in total. The molecule has 1 saturated heterocycles. The van der Waals surface area contributed by atoms with Crippen LogP contribution in [0, 0.1) is 5.92 Å². The number of carbonyl (C=O) groups is 1. The molecule has 0 spiro atoms. The molecule has 18 heavy (non-hydrogen) atoms. The number of hydrogen-bond donors (Lipinski definition) is 1. The molecule has 2 aliphatic rings. The van der Waals surface area contributed by atoms with Gasteiger partial charge < -0.3 is 10.0 Å². The van der Waals surface area contributed by atoms with Crippen LogP contribution in [-0.4, -0.2) is 34.6 Å². The second-order valence-corrected chi connectivity index (χ2v) is 6.22. The lowest BCUT2D eigenvalue weighted by Gasteiger charge is -2.36. The minimum atomic E-state index is -0.700. The Labute approximate surface area is 111 Å². The summed E-state index contributed by atoms with van der Waals surface area (Å²) in [7, 11) is 0. The van der Waals surface area contributed by atoms with Gasteiger partial charge in [-0.3, -0.25) is 4.79 Å². The second kappa shape index (κ2) is 6.05. The van der Waals surface area contributed by atoms with Crippen molar-refractivity contribution in [2.24, 2.45) is 5.92 Å². The summed E-state index contributed by atoms with van der Waals surface area (Å²) >= 11 is 0. The first kappa shape index (κ1) is 13.9. The zero-order chi connectivity index (χ0) is 13.0. The van der Waals surface area contributed by atoms with Crippen molar-refractivity contribution in [3.8, 4) is 0 Å². The van der Waals surface area contributed by atoms with Crippen molar-refractivity contribution < 1.29 is 9.90 Å². The van der Waals surface area contributed by atoms with Crippen LogP contribution >= 0.6 is 0 Å². The van der Waals surface area contributed by atoms with E-state index < -0.39 is 5.60 Å². The van der Waals surface area contributed by atoms with Crippen molar-refractivity contribution in [3.63, 3.8) is 0 Å². The average molecular weight is 253 g/mol. The zero-order valence-corrected chi connectivity index (χ0v) is 11.7. The number of likely N-dealkylation sites (tertiary alicyclic amines) is 1. The molecule has 1 saturated carbocycles. The Morgan fingerprint density at radius 3 is 2.67 bits per heavy atom. The summed E-state index contributed by atoms with van der Waals surface area (Å²) in [5, 5.41) is 10.4. The van der Waals surface area contributed by atoms with E-state index in [0.717, 1.165) is 51.6 Å². The van der Waals surface area contributed by atoms with Crippen molar-refractivity contribution in [3.05, 3.63) is 0 Å². The first-order chi connectivity index (χ1) is 8.63. The van der Waals surface area contributed by atoms with Crippen LogP contribution in [-0.2, 0) is 4.79 Å². The molecule has 1 unspecified atom stereocenters. The Kier molecular flexibility index (Phi) is 4.66. The molecule has 0 bridgehead atoms. The molecule has 104 valence electrons. The molecule has 1 N–H and O–H groups in total. The largest absolute Gasteiger partial charge is 0.389 e. The van der Waals surface area contributed by atoms with E-state index in [-0.39, 0.29) is 5.91 Å². The Hall–Kier alpha value is -0.570. The Bertz CT molecular complexity index is 284. The van der Waals surface area contributed by atoms with Crippen LogP contribution in [0.2, 0.25) is 0 Å². The van der Waals surface area contributed by atoms with Crippen LogP contribution < -0.4 is 0 Å². The molecular formula is C15H27NO2. The maximum atomic E-state index is 12.3. The van der Waals surface area contributed by atoms with E-state index in [0.29, 0.717) is 12.3 Å². The second-order valence-electron chi connectivity index (χ2n) is 6.22. The first-order valence-corrected chi connectivity index (χ1v) is 7.63. The molecule has 1 amide bonds. The van der Waals surface area contributed by atoms with Crippen LogP contribution in [0.5, 0.6) is 0 Å². The van der Waals surface area contributed by atoms with Crippen molar-refractivity contribution >= 4 is 5.91 Å². The lowest BCUT2D eigenvalue weighted by Crippen LogP contribution is -2.44. The van der Waals surface area contributed by atoms with Crippen LogP contribution in [0.25, 0.3) is 0 Å². The molecule has 1 atom stereocenters. The van der Waals surface area contributed by atoms with Crippen LogP contribution in [0.4, 0.5) is 0 Å². The number of aliphatic hydroxyl groups is 1. The molecule has 0 aromatic heterocycles. The Morgan fingerprint density at radius 1 is 1.28 bits per heavy atom. The quantitative estimate of drug-likeness (QED) is 0.840. The Balaban J connectivity index is 1.86. The third-order valence-corrected chi connectivity index (χ3v) is 4.71. The van der Waals surface area contributed by atoms with Gasteiger partial charge in [0.05, 0.1) is 12.0 Å². The van der Waals surface area contributed by atoms with E-state index in [1.54, 1.807) is 0 Å². The smallest absolute Gasteiger partial charge is 0.225 e. The highest BCUT2D eigenvalue weighted by molar-refractivity contribution is 5.77. The molecule has 2 fully saturated rings. The van der Waals surface area contributed by atoms with Gasteiger partial charge in [-0.25, -0.2) is 0 Å². The summed E-state index contributed by atoms with van der Waals surface area (Å²) in [5.41, 5.74) is -0.700. The molecule has 0 aromatic carbocycles. The van der Waals surface area contributed by atoms with Gasteiger partial charge in [-0.2, -0.15) is 0 Å². The number of amides is 1. The standard InChI is InChI=1S/C15H27NO2/c1-2-13-7-6-10-16(12-13)14(17)11-15(18)8-4-3-5-9-15/h13,18H,2-12H2,1H3. The minimum absolute atomic E-state index is 0.178. The van der Waals surface area contributed by atoms with Crippen molar-refractivity contribution in [1.29, 1.82) is 0 Å². The maximum Gasteiger partial charge on any atom is 0.225 e. The summed E-state index contributed by atoms with van der Waals surface area (Å²) < 4.78 is 0.